The second-order valence-corrected chi connectivity index (χ2v) is 6.94. The second-order valence-electron chi connectivity index (χ2n) is 6.94. The zero-order valence-electron chi connectivity index (χ0n) is 14.5. The van der Waals surface area contributed by atoms with E-state index < -0.39 is 0 Å². The van der Waals surface area contributed by atoms with E-state index in [1.165, 1.54) is 0 Å². The fourth-order valence-electron chi connectivity index (χ4n) is 3.07. The van der Waals surface area contributed by atoms with Crippen LogP contribution in [-0.4, -0.2) is 24.4 Å². The van der Waals surface area contributed by atoms with Gasteiger partial charge in [-0.05, 0) is 24.3 Å². The molecule has 0 aromatic heterocycles. The molecule has 0 unspecified atom stereocenters. The minimum atomic E-state index is -0.280. The molecule has 1 aliphatic rings. The topological polar surface area (TPSA) is 49.4 Å². The Labute approximate surface area is 142 Å². The molecule has 1 heterocycles. The first-order valence-electron chi connectivity index (χ1n) is 8.56. The van der Waals surface area contributed by atoms with Crippen LogP contribution in [0.15, 0.2) is 42.5 Å². The molecule has 2 aromatic carbocycles. The average molecular weight is 324 g/mol. The minimum absolute atomic E-state index is 0.0173. The third-order valence-corrected chi connectivity index (χ3v) is 4.92. The summed E-state index contributed by atoms with van der Waals surface area (Å²) in [5.74, 6) is 0.0916. The van der Waals surface area contributed by atoms with E-state index in [4.69, 9.17) is 0 Å². The lowest BCUT2D eigenvalue weighted by Gasteiger charge is -2.21. The van der Waals surface area contributed by atoms with Crippen molar-refractivity contribution in [3.63, 3.8) is 0 Å². The summed E-state index contributed by atoms with van der Waals surface area (Å²) < 4.78 is 0. The SMILES string of the molecule is CC(C)[C@@H](C)NC(=O)[C@H]1CC(=O)N(c2cccc3ccccc23)C1. The van der Waals surface area contributed by atoms with Crippen LogP contribution in [0, 0.1) is 11.8 Å². The molecule has 1 saturated heterocycles. The Hall–Kier alpha value is -2.36. The van der Waals surface area contributed by atoms with Gasteiger partial charge in [-0.3, -0.25) is 9.59 Å². The Balaban J connectivity index is 1.81. The van der Waals surface area contributed by atoms with Crippen LogP contribution in [0.2, 0.25) is 0 Å². The Morgan fingerprint density at radius 3 is 2.58 bits per heavy atom. The van der Waals surface area contributed by atoms with E-state index in [-0.39, 0.29) is 30.2 Å². The molecule has 4 nitrogen and oxygen atoms in total. The number of anilines is 1. The van der Waals surface area contributed by atoms with Crippen molar-refractivity contribution >= 4 is 28.3 Å². The summed E-state index contributed by atoms with van der Waals surface area (Å²) in [5.41, 5.74) is 0.894. The van der Waals surface area contributed by atoms with Crippen molar-refractivity contribution in [2.24, 2.45) is 11.8 Å². The first-order chi connectivity index (χ1) is 11.5. The van der Waals surface area contributed by atoms with Crippen molar-refractivity contribution in [2.45, 2.75) is 33.2 Å². The monoisotopic (exact) mass is 324 g/mol. The number of carbonyl (C=O) groups excluding carboxylic acids is 2. The number of rotatable bonds is 4. The lowest BCUT2D eigenvalue weighted by atomic mass is 10.0. The van der Waals surface area contributed by atoms with Crippen LogP contribution in [0.1, 0.15) is 27.2 Å². The van der Waals surface area contributed by atoms with E-state index in [0.29, 0.717) is 12.5 Å². The highest BCUT2D eigenvalue weighted by atomic mass is 16.2. The van der Waals surface area contributed by atoms with Crippen LogP contribution in [0.25, 0.3) is 10.8 Å². The third-order valence-electron chi connectivity index (χ3n) is 4.92. The molecular formula is C20H24N2O2. The molecule has 0 bridgehead atoms. The number of hydrogen-bond acceptors (Lipinski definition) is 2. The number of fused-ring (bicyclic) bond motifs is 1. The largest absolute Gasteiger partial charge is 0.353 e. The minimum Gasteiger partial charge on any atom is -0.353 e. The fourth-order valence-corrected chi connectivity index (χ4v) is 3.07. The van der Waals surface area contributed by atoms with Gasteiger partial charge in [-0.15, -0.1) is 0 Å². The smallest absolute Gasteiger partial charge is 0.227 e. The van der Waals surface area contributed by atoms with E-state index in [2.05, 4.69) is 19.2 Å². The Morgan fingerprint density at radius 2 is 1.83 bits per heavy atom. The van der Waals surface area contributed by atoms with Gasteiger partial charge in [0.1, 0.15) is 0 Å². The van der Waals surface area contributed by atoms with Crippen molar-refractivity contribution < 1.29 is 9.59 Å². The van der Waals surface area contributed by atoms with Gasteiger partial charge in [-0.1, -0.05) is 50.2 Å². The standard InChI is InChI=1S/C20H24N2O2/c1-13(2)14(3)21-20(24)16-11-19(23)22(12-16)18-10-6-8-15-7-4-5-9-17(15)18/h4-10,13-14,16H,11-12H2,1-3H3,(H,21,24)/t14-,16+/m1/s1. The summed E-state index contributed by atoms with van der Waals surface area (Å²) in [4.78, 5) is 26.7. The quantitative estimate of drug-likeness (QED) is 0.937. The predicted molar refractivity (Wildman–Crippen MR) is 96.9 cm³/mol. The van der Waals surface area contributed by atoms with Gasteiger partial charge in [0.25, 0.3) is 0 Å². The second kappa shape index (κ2) is 6.63. The van der Waals surface area contributed by atoms with Crippen LogP contribution in [0.4, 0.5) is 5.69 Å². The summed E-state index contributed by atoms with van der Waals surface area (Å²) in [7, 11) is 0. The van der Waals surface area contributed by atoms with Gasteiger partial charge < -0.3 is 10.2 Å². The zero-order valence-corrected chi connectivity index (χ0v) is 14.5. The molecule has 126 valence electrons. The molecule has 0 radical (unpaired) electrons. The highest BCUT2D eigenvalue weighted by Crippen LogP contribution is 2.31. The van der Waals surface area contributed by atoms with Gasteiger partial charge in [0.15, 0.2) is 0 Å². The van der Waals surface area contributed by atoms with Crippen molar-refractivity contribution in [1.82, 2.24) is 5.32 Å². The van der Waals surface area contributed by atoms with Crippen LogP contribution in [-0.2, 0) is 9.59 Å². The predicted octanol–water partition coefficient (Wildman–Crippen LogP) is 3.35. The lowest BCUT2D eigenvalue weighted by Crippen LogP contribution is -2.40. The van der Waals surface area contributed by atoms with Gasteiger partial charge >= 0.3 is 0 Å². The summed E-state index contributed by atoms with van der Waals surface area (Å²) >= 11 is 0. The first-order valence-corrected chi connectivity index (χ1v) is 8.56. The molecule has 1 N–H and O–H groups in total. The molecule has 2 amide bonds. The molecular weight excluding hydrogens is 300 g/mol. The van der Waals surface area contributed by atoms with Crippen LogP contribution in [0.3, 0.4) is 0 Å². The summed E-state index contributed by atoms with van der Waals surface area (Å²) in [6.07, 6.45) is 0.278. The molecule has 4 heteroatoms. The van der Waals surface area contributed by atoms with Crippen molar-refractivity contribution in [2.75, 3.05) is 11.4 Å². The maximum atomic E-state index is 12.5. The van der Waals surface area contributed by atoms with E-state index >= 15 is 0 Å². The molecule has 0 saturated carbocycles. The molecule has 2 atom stereocenters. The molecule has 1 aliphatic heterocycles. The normalized spacial score (nSPS) is 19.1. The van der Waals surface area contributed by atoms with Crippen LogP contribution >= 0.6 is 0 Å². The van der Waals surface area contributed by atoms with Gasteiger partial charge in [-0.2, -0.15) is 0 Å². The van der Waals surface area contributed by atoms with E-state index in [1.54, 1.807) is 4.90 Å². The Morgan fingerprint density at radius 1 is 1.12 bits per heavy atom. The van der Waals surface area contributed by atoms with Gasteiger partial charge in [-0.25, -0.2) is 0 Å². The molecule has 24 heavy (non-hydrogen) atoms. The lowest BCUT2D eigenvalue weighted by molar-refractivity contribution is -0.127. The van der Waals surface area contributed by atoms with Crippen molar-refractivity contribution in [3.05, 3.63) is 42.5 Å². The molecule has 3 rings (SSSR count). The molecule has 2 aromatic rings. The molecule has 0 spiro atoms. The first kappa shape index (κ1) is 16.5. The van der Waals surface area contributed by atoms with Crippen LogP contribution in [0.5, 0.6) is 0 Å². The maximum Gasteiger partial charge on any atom is 0.227 e. The fraction of sp³-hybridized carbons (Fsp3) is 0.400. The van der Waals surface area contributed by atoms with Gasteiger partial charge in [0, 0.05) is 24.4 Å². The Bertz CT molecular complexity index is 764. The number of nitrogens with one attached hydrogen (secondary N) is 1. The summed E-state index contributed by atoms with van der Waals surface area (Å²) in [6, 6.07) is 14.1. The highest BCUT2D eigenvalue weighted by Gasteiger charge is 2.36. The number of amides is 2. The summed E-state index contributed by atoms with van der Waals surface area (Å²) in [5, 5.41) is 5.18. The van der Waals surface area contributed by atoms with Crippen molar-refractivity contribution in [1.29, 1.82) is 0 Å². The maximum absolute atomic E-state index is 12.5. The number of carbonyl (C=O) groups is 2. The number of nitrogens with zero attached hydrogens (tertiary/aromatic N) is 1. The van der Waals surface area contributed by atoms with E-state index in [0.717, 1.165) is 16.5 Å². The van der Waals surface area contributed by atoms with Gasteiger partial charge in [0.2, 0.25) is 11.8 Å². The Kier molecular flexibility index (Phi) is 4.56. The third kappa shape index (κ3) is 3.14. The highest BCUT2D eigenvalue weighted by molar-refractivity contribution is 6.06. The van der Waals surface area contributed by atoms with E-state index in [9.17, 15) is 9.59 Å². The van der Waals surface area contributed by atoms with Gasteiger partial charge in [0.05, 0.1) is 11.6 Å². The zero-order chi connectivity index (χ0) is 17.3. The van der Waals surface area contributed by atoms with E-state index in [1.807, 2.05) is 49.4 Å². The number of benzene rings is 2. The molecule has 0 aliphatic carbocycles. The van der Waals surface area contributed by atoms with Crippen molar-refractivity contribution in [3.8, 4) is 0 Å². The summed E-state index contributed by atoms with van der Waals surface area (Å²) in [6.45, 7) is 6.60. The average Bonchev–Trinajstić information content (AvgIpc) is 2.96. The van der Waals surface area contributed by atoms with Crippen LogP contribution < -0.4 is 10.2 Å². The number of hydrogen-bond donors (Lipinski definition) is 1. The molecule has 1 fully saturated rings.